The summed E-state index contributed by atoms with van der Waals surface area (Å²) in [6, 6.07) is 0. The lowest BCUT2D eigenvalue weighted by molar-refractivity contribution is -0.768. The standard InChI is InChI=1S/C5H4N4O2/c10-5-3-1-9(11)8-4(3)6-2-7-5/h1-2,9H,(H,6,7,8,10). The molecule has 0 radical (unpaired) electrons. The van der Waals surface area contributed by atoms with Gasteiger partial charge in [0.2, 0.25) is 5.49 Å². The van der Waals surface area contributed by atoms with Crippen molar-refractivity contribution in [3.05, 3.63) is 32.6 Å². The van der Waals surface area contributed by atoms with Crippen LogP contribution >= 0.6 is 0 Å². The lowest BCUT2D eigenvalue weighted by Crippen LogP contribution is -2.95. The van der Waals surface area contributed by atoms with E-state index in [1.165, 1.54) is 12.5 Å². The lowest BCUT2D eigenvalue weighted by Gasteiger charge is -2.01. The molecule has 0 aliphatic carbocycles. The van der Waals surface area contributed by atoms with Gasteiger partial charge in [-0.25, -0.2) is 10.2 Å². The van der Waals surface area contributed by atoms with Crippen LogP contribution in [0.25, 0.3) is 6.20 Å². The van der Waals surface area contributed by atoms with Crippen LogP contribution < -0.4 is 21.4 Å². The first-order valence-electron chi connectivity index (χ1n) is 2.95. The van der Waals surface area contributed by atoms with Gasteiger partial charge in [0.05, 0.1) is 6.33 Å². The topological polar surface area (TPSA) is 85.6 Å². The van der Waals surface area contributed by atoms with Crippen LogP contribution in [0.2, 0.25) is 0 Å². The first-order valence-corrected chi connectivity index (χ1v) is 2.95. The zero-order valence-electron chi connectivity index (χ0n) is 5.37. The van der Waals surface area contributed by atoms with Crippen LogP contribution in [-0.4, -0.2) is 9.97 Å². The Hall–Kier alpha value is -1.53. The van der Waals surface area contributed by atoms with Crippen molar-refractivity contribution in [2.75, 3.05) is 0 Å². The van der Waals surface area contributed by atoms with Gasteiger partial charge in [-0.2, -0.15) is 0 Å². The number of aromatic nitrogens is 2. The normalized spacial score (nSPS) is 20.3. The Morgan fingerprint density at radius 1 is 1.64 bits per heavy atom. The maximum absolute atomic E-state index is 10.9. The fraction of sp³-hybridized carbons (Fsp3) is 0. The fourth-order valence-corrected chi connectivity index (χ4v) is 0.880. The van der Waals surface area contributed by atoms with E-state index in [2.05, 4.69) is 15.1 Å². The third-order valence-electron chi connectivity index (χ3n) is 1.35. The van der Waals surface area contributed by atoms with Gasteiger partial charge in [0, 0.05) is 0 Å². The molecule has 1 aromatic heterocycles. The Morgan fingerprint density at radius 2 is 2.45 bits per heavy atom. The number of nitrogens with zero attached hydrogens (tertiary/aromatic N) is 2. The highest BCUT2D eigenvalue weighted by molar-refractivity contribution is 5.10. The minimum atomic E-state index is -0.427. The highest BCUT2D eigenvalue weighted by Gasteiger charge is 2.05. The van der Waals surface area contributed by atoms with Crippen LogP contribution in [0, 0.1) is 5.21 Å². The van der Waals surface area contributed by atoms with Crippen LogP contribution in [0.3, 0.4) is 0 Å². The SMILES string of the molecule is O=c1[nH]cnc2c1=C[NH+]([O-])N=2. The average Bonchev–Trinajstić information content (AvgIpc) is 2.31. The fourth-order valence-electron chi connectivity index (χ4n) is 0.880. The molecule has 2 N–H and O–H groups in total. The largest absolute Gasteiger partial charge is 0.601 e. The number of aromatic amines is 1. The van der Waals surface area contributed by atoms with Gasteiger partial charge in [-0.1, -0.05) is 5.10 Å². The number of H-pyrrole nitrogens is 1. The van der Waals surface area contributed by atoms with Crippen LogP contribution in [0.4, 0.5) is 0 Å². The van der Waals surface area contributed by atoms with E-state index in [0.717, 1.165) is 0 Å². The summed E-state index contributed by atoms with van der Waals surface area (Å²) >= 11 is 0. The summed E-state index contributed by atoms with van der Waals surface area (Å²) in [5.41, 5.74) is -0.122. The molecule has 0 saturated carbocycles. The second kappa shape index (κ2) is 1.97. The summed E-state index contributed by atoms with van der Waals surface area (Å²) in [5, 5.41) is 13.9. The molecule has 2 heterocycles. The summed E-state index contributed by atoms with van der Waals surface area (Å²) in [6.45, 7) is 0. The van der Waals surface area contributed by atoms with Gasteiger partial charge in [0.15, 0.2) is 0 Å². The molecule has 0 spiro atoms. The lowest BCUT2D eigenvalue weighted by atomic mass is 10.5. The van der Waals surface area contributed by atoms with Gasteiger partial charge in [-0.05, 0) is 0 Å². The third-order valence-corrected chi connectivity index (χ3v) is 1.35. The van der Waals surface area contributed by atoms with E-state index >= 15 is 0 Å². The molecule has 1 aliphatic heterocycles. The maximum Gasteiger partial charge on any atom is 0.265 e. The van der Waals surface area contributed by atoms with Gasteiger partial charge in [0.1, 0.15) is 11.4 Å². The summed E-state index contributed by atoms with van der Waals surface area (Å²) in [7, 11) is 0. The minimum absolute atomic E-state index is 0.207. The number of quaternary nitrogens is 1. The van der Waals surface area contributed by atoms with E-state index in [1.54, 1.807) is 0 Å². The van der Waals surface area contributed by atoms with Crippen molar-refractivity contribution in [3.63, 3.8) is 0 Å². The molecule has 2 rings (SSSR count). The molecule has 0 saturated heterocycles. The van der Waals surface area contributed by atoms with Crippen molar-refractivity contribution in [1.82, 2.24) is 9.97 Å². The molecule has 6 nitrogen and oxygen atoms in total. The summed E-state index contributed by atoms with van der Waals surface area (Å²) in [6.07, 6.45) is 2.39. The highest BCUT2D eigenvalue weighted by atomic mass is 16.5. The Balaban J connectivity index is 2.98. The number of rotatable bonds is 0. The smallest absolute Gasteiger partial charge is 0.265 e. The second-order valence-corrected chi connectivity index (χ2v) is 2.06. The number of hydroxylamine groups is 1. The van der Waals surface area contributed by atoms with Crippen molar-refractivity contribution in [3.8, 4) is 0 Å². The maximum atomic E-state index is 10.9. The molecular formula is C5H4N4O2. The molecule has 11 heavy (non-hydrogen) atoms. The van der Waals surface area contributed by atoms with Crippen molar-refractivity contribution < 1.29 is 5.17 Å². The number of hydrogen-bond acceptors (Lipinski definition) is 4. The van der Waals surface area contributed by atoms with E-state index in [9.17, 15) is 10.0 Å². The first-order chi connectivity index (χ1) is 5.27. The second-order valence-electron chi connectivity index (χ2n) is 2.06. The van der Waals surface area contributed by atoms with Crippen molar-refractivity contribution in [2.24, 2.45) is 5.10 Å². The molecular weight excluding hydrogens is 148 g/mol. The molecule has 1 aromatic rings. The van der Waals surface area contributed by atoms with E-state index in [4.69, 9.17) is 0 Å². The summed E-state index contributed by atoms with van der Waals surface area (Å²) < 4.78 is 0. The van der Waals surface area contributed by atoms with E-state index < -0.39 is 5.17 Å². The van der Waals surface area contributed by atoms with Gasteiger partial charge in [0.25, 0.3) is 5.56 Å². The Bertz CT molecular complexity index is 448. The third kappa shape index (κ3) is 0.846. The molecule has 1 unspecified atom stereocenters. The van der Waals surface area contributed by atoms with Crippen LogP contribution in [0.1, 0.15) is 0 Å². The molecule has 0 bridgehead atoms. The monoisotopic (exact) mass is 152 g/mol. The molecule has 6 heteroatoms. The van der Waals surface area contributed by atoms with E-state index in [1.807, 2.05) is 0 Å². The average molecular weight is 152 g/mol. The molecule has 0 aromatic carbocycles. The van der Waals surface area contributed by atoms with Gasteiger partial charge < -0.3 is 10.2 Å². The summed E-state index contributed by atoms with van der Waals surface area (Å²) in [5.74, 6) is 0. The Labute approximate surface area is 60.1 Å². The van der Waals surface area contributed by atoms with Crippen LogP contribution in [0.15, 0.2) is 16.2 Å². The van der Waals surface area contributed by atoms with Crippen LogP contribution in [-0.2, 0) is 0 Å². The van der Waals surface area contributed by atoms with Gasteiger partial charge >= 0.3 is 0 Å². The predicted octanol–water partition coefficient (Wildman–Crippen LogP) is -3.56. The van der Waals surface area contributed by atoms with E-state index in [-0.39, 0.29) is 16.3 Å². The van der Waals surface area contributed by atoms with Crippen molar-refractivity contribution in [2.45, 2.75) is 0 Å². The Morgan fingerprint density at radius 3 is 3.18 bits per heavy atom. The van der Waals surface area contributed by atoms with Gasteiger partial charge in [-0.3, -0.25) is 4.79 Å². The highest BCUT2D eigenvalue weighted by Crippen LogP contribution is 1.53. The molecule has 1 atom stereocenters. The molecule has 56 valence electrons. The first kappa shape index (κ1) is 6.20. The Kier molecular flexibility index (Phi) is 1.11. The quantitative estimate of drug-likeness (QED) is 0.377. The summed E-state index contributed by atoms with van der Waals surface area (Å²) in [4.78, 5) is 17.0. The molecule has 0 amide bonds. The number of hydrogen-bond donors (Lipinski definition) is 2. The minimum Gasteiger partial charge on any atom is -0.601 e. The molecule has 0 fully saturated rings. The zero-order chi connectivity index (χ0) is 7.84. The number of nitrogens with one attached hydrogen (secondary N) is 2. The van der Waals surface area contributed by atoms with E-state index in [0.29, 0.717) is 0 Å². The predicted molar refractivity (Wildman–Crippen MR) is 34.4 cm³/mol. The molecule has 1 aliphatic rings. The zero-order valence-corrected chi connectivity index (χ0v) is 5.37. The van der Waals surface area contributed by atoms with Crippen molar-refractivity contribution in [1.29, 1.82) is 0 Å². The number of fused-ring (bicyclic) bond motifs is 1. The van der Waals surface area contributed by atoms with Gasteiger partial charge in [-0.15, -0.1) is 0 Å². The van der Waals surface area contributed by atoms with Crippen molar-refractivity contribution >= 4 is 6.20 Å². The van der Waals surface area contributed by atoms with Crippen LogP contribution in [0.5, 0.6) is 0 Å².